The molecule has 3 amide bonds. The minimum absolute atomic E-state index is 0.292. The van der Waals surface area contributed by atoms with Gasteiger partial charge >= 0.3 is 6.03 Å². The molecule has 2 N–H and O–H groups in total. The number of rotatable bonds is 6. The fourth-order valence-corrected chi connectivity index (χ4v) is 1.86. The third kappa shape index (κ3) is 5.06. The maximum absolute atomic E-state index is 12.0. The molecule has 0 bridgehead atoms. The van der Waals surface area contributed by atoms with E-state index in [0.29, 0.717) is 30.2 Å². The van der Waals surface area contributed by atoms with Crippen LogP contribution in [0.5, 0.6) is 5.75 Å². The fraction of sp³-hybridized carbons (Fsp3) is 0.235. The van der Waals surface area contributed by atoms with Crippen molar-refractivity contribution in [1.29, 1.82) is 0 Å². The van der Waals surface area contributed by atoms with Crippen LogP contribution in [0, 0.1) is 0 Å². The summed E-state index contributed by atoms with van der Waals surface area (Å²) < 4.78 is 10.3. The first kappa shape index (κ1) is 17.4. The van der Waals surface area contributed by atoms with Gasteiger partial charge in [0.1, 0.15) is 5.75 Å². The van der Waals surface area contributed by atoms with E-state index >= 15 is 0 Å². The predicted molar refractivity (Wildman–Crippen MR) is 89.0 cm³/mol. The van der Waals surface area contributed by atoms with Crippen LogP contribution in [0.3, 0.4) is 0 Å². The number of benzene rings is 1. The predicted octanol–water partition coefficient (Wildman–Crippen LogP) is 2.59. The Labute approximate surface area is 140 Å². The number of hydrogen-bond donors (Lipinski definition) is 2. The van der Waals surface area contributed by atoms with Crippen LogP contribution in [0.15, 0.2) is 42.6 Å². The summed E-state index contributed by atoms with van der Waals surface area (Å²) in [5.41, 5.74) is 1.56. The van der Waals surface area contributed by atoms with Crippen LogP contribution in [-0.4, -0.2) is 30.6 Å². The van der Waals surface area contributed by atoms with Gasteiger partial charge in [0.25, 0.3) is 5.91 Å². The van der Waals surface area contributed by atoms with Crippen molar-refractivity contribution in [1.82, 2.24) is 10.3 Å². The van der Waals surface area contributed by atoms with Gasteiger partial charge in [0.2, 0.25) is 0 Å². The lowest BCUT2D eigenvalue weighted by atomic mass is 10.2. The topological polar surface area (TPSA) is 89.5 Å². The molecule has 0 spiro atoms. The van der Waals surface area contributed by atoms with Gasteiger partial charge in [-0.05, 0) is 43.3 Å². The molecule has 7 nitrogen and oxygen atoms in total. The van der Waals surface area contributed by atoms with Gasteiger partial charge in [-0.1, -0.05) is 0 Å². The van der Waals surface area contributed by atoms with E-state index in [4.69, 9.17) is 9.47 Å². The number of methoxy groups -OCH3 is 1. The zero-order valence-corrected chi connectivity index (χ0v) is 13.5. The number of ether oxygens (including phenoxy) is 2. The van der Waals surface area contributed by atoms with E-state index < -0.39 is 11.9 Å². The Balaban J connectivity index is 1.89. The number of urea groups is 1. The Morgan fingerprint density at radius 3 is 2.46 bits per heavy atom. The van der Waals surface area contributed by atoms with Gasteiger partial charge in [-0.3, -0.25) is 15.1 Å². The summed E-state index contributed by atoms with van der Waals surface area (Å²) in [5, 5.41) is 4.81. The number of nitrogens with zero attached hydrogens (tertiary/aromatic N) is 1. The van der Waals surface area contributed by atoms with Gasteiger partial charge in [0.15, 0.2) is 0 Å². The van der Waals surface area contributed by atoms with E-state index in [0.717, 1.165) is 5.69 Å². The Hall–Kier alpha value is -2.93. The van der Waals surface area contributed by atoms with Crippen molar-refractivity contribution < 1.29 is 19.1 Å². The van der Waals surface area contributed by atoms with E-state index in [1.54, 1.807) is 43.5 Å². The van der Waals surface area contributed by atoms with E-state index in [-0.39, 0.29) is 0 Å². The first-order valence-electron chi connectivity index (χ1n) is 7.41. The molecule has 1 aromatic heterocycles. The third-order valence-electron chi connectivity index (χ3n) is 3.12. The van der Waals surface area contributed by atoms with Crippen LogP contribution in [0.25, 0.3) is 0 Å². The Bertz CT molecular complexity index is 684. The van der Waals surface area contributed by atoms with Crippen LogP contribution < -0.4 is 15.4 Å². The van der Waals surface area contributed by atoms with Gasteiger partial charge in [-0.25, -0.2) is 4.79 Å². The Morgan fingerprint density at radius 1 is 1.12 bits per heavy atom. The third-order valence-corrected chi connectivity index (χ3v) is 3.12. The number of hydrogen-bond acceptors (Lipinski definition) is 5. The van der Waals surface area contributed by atoms with Gasteiger partial charge in [0, 0.05) is 18.5 Å². The van der Waals surface area contributed by atoms with E-state index in [2.05, 4.69) is 15.6 Å². The molecule has 0 saturated carbocycles. The molecule has 0 fully saturated rings. The molecule has 0 radical (unpaired) electrons. The molecule has 0 saturated heterocycles. The van der Waals surface area contributed by atoms with Gasteiger partial charge in [0.05, 0.1) is 25.0 Å². The van der Waals surface area contributed by atoms with Crippen molar-refractivity contribution in [2.24, 2.45) is 0 Å². The minimum Gasteiger partial charge on any atom is -0.497 e. The Kier molecular flexibility index (Phi) is 6.27. The fourth-order valence-electron chi connectivity index (χ4n) is 1.86. The maximum Gasteiger partial charge on any atom is 0.326 e. The first-order chi connectivity index (χ1) is 11.6. The molecule has 1 aromatic carbocycles. The number of aromatic nitrogens is 1. The van der Waals surface area contributed by atoms with E-state index in [1.807, 2.05) is 6.92 Å². The van der Waals surface area contributed by atoms with E-state index in [9.17, 15) is 9.59 Å². The minimum atomic E-state index is -0.622. The number of nitrogens with one attached hydrogen (secondary N) is 2. The molecule has 0 aliphatic heterocycles. The molecular formula is C17H19N3O4. The molecule has 2 aromatic rings. The highest BCUT2D eigenvalue weighted by Gasteiger charge is 2.11. The number of carbonyl (C=O) groups excluding carboxylic acids is 2. The van der Waals surface area contributed by atoms with Crippen molar-refractivity contribution in [3.05, 3.63) is 53.9 Å². The van der Waals surface area contributed by atoms with Gasteiger partial charge < -0.3 is 14.8 Å². The lowest BCUT2D eigenvalue weighted by Gasteiger charge is -2.08. The molecular weight excluding hydrogens is 310 g/mol. The van der Waals surface area contributed by atoms with Crippen molar-refractivity contribution in [2.45, 2.75) is 13.5 Å². The molecule has 0 aliphatic carbocycles. The summed E-state index contributed by atoms with van der Waals surface area (Å²) in [6, 6.07) is 9.42. The number of carbonyl (C=O) groups is 2. The second kappa shape index (κ2) is 8.64. The second-order valence-electron chi connectivity index (χ2n) is 4.81. The molecule has 24 heavy (non-hydrogen) atoms. The van der Waals surface area contributed by atoms with Crippen LogP contribution in [-0.2, 0) is 11.3 Å². The standard InChI is InChI=1S/C17H19N3O4/c1-3-24-11-14-5-4-12(10-18-14)16(21)20-17(22)19-13-6-8-15(23-2)9-7-13/h4-10H,3,11H2,1-2H3,(H2,19,20,21,22). The molecule has 0 atom stereocenters. The molecule has 126 valence electrons. The van der Waals surface area contributed by atoms with E-state index in [1.165, 1.54) is 6.20 Å². The van der Waals surface area contributed by atoms with Crippen molar-refractivity contribution in [2.75, 3.05) is 19.0 Å². The number of imide groups is 1. The molecule has 0 aliphatic rings. The number of anilines is 1. The van der Waals surface area contributed by atoms with Crippen molar-refractivity contribution >= 4 is 17.6 Å². The normalized spacial score (nSPS) is 10.1. The monoisotopic (exact) mass is 329 g/mol. The zero-order chi connectivity index (χ0) is 17.4. The van der Waals surface area contributed by atoms with Crippen molar-refractivity contribution in [3.63, 3.8) is 0 Å². The highest BCUT2D eigenvalue weighted by molar-refractivity contribution is 6.07. The van der Waals surface area contributed by atoms with Crippen LogP contribution in [0.2, 0.25) is 0 Å². The number of amides is 3. The van der Waals surface area contributed by atoms with Gasteiger partial charge in [-0.15, -0.1) is 0 Å². The molecule has 0 unspecified atom stereocenters. The molecule has 2 rings (SSSR count). The number of pyridine rings is 1. The van der Waals surface area contributed by atoms with Crippen LogP contribution in [0.1, 0.15) is 23.0 Å². The highest BCUT2D eigenvalue weighted by Crippen LogP contribution is 2.14. The summed E-state index contributed by atoms with van der Waals surface area (Å²) in [5.74, 6) is 0.145. The lowest BCUT2D eigenvalue weighted by Crippen LogP contribution is -2.34. The smallest absolute Gasteiger partial charge is 0.326 e. The average molecular weight is 329 g/mol. The molecule has 7 heteroatoms. The summed E-state index contributed by atoms with van der Waals surface area (Å²) in [6.45, 7) is 2.87. The maximum atomic E-state index is 12.0. The highest BCUT2D eigenvalue weighted by atomic mass is 16.5. The average Bonchev–Trinajstić information content (AvgIpc) is 2.61. The lowest BCUT2D eigenvalue weighted by molar-refractivity contribution is 0.0966. The summed E-state index contributed by atoms with van der Waals surface area (Å²) >= 11 is 0. The first-order valence-corrected chi connectivity index (χ1v) is 7.41. The summed E-state index contributed by atoms with van der Waals surface area (Å²) in [4.78, 5) is 28.0. The molecule has 1 heterocycles. The van der Waals surface area contributed by atoms with Crippen LogP contribution >= 0.6 is 0 Å². The largest absolute Gasteiger partial charge is 0.497 e. The SMILES string of the molecule is CCOCc1ccc(C(=O)NC(=O)Nc2ccc(OC)cc2)cn1. The Morgan fingerprint density at radius 2 is 1.88 bits per heavy atom. The van der Waals surface area contributed by atoms with Crippen LogP contribution in [0.4, 0.5) is 10.5 Å². The summed E-state index contributed by atoms with van der Waals surface area (Å²) in [7, 11) is 1.56. The van der Waals surface area contributed by atoms with Gasteiger partial charge in [-0.2, -0.15) is 0 Å². The zero-order valence-electron chi connectivity index (χ0n) is 13.5. The van der Waals surface area contributed by atoms with Crippen molar-refractivity contribution in [3.8, 4) is 5.75 Å². The summed E-state index contributed by atoms with van der Waals surface area (Å²) in [6.07, 6.45) is 1.41. The second-order valence-corrected chi connectivity index (χ2v) is 4.81. The quantitative estimate of drug-likeness (QED) is 0.850.